The fraction of sp³-hybridized carbons (Fsp3) is 0.500. The average Bonchev–Trinajstić information content (AvgIpc) is 2.72. The van der Waals surface area contributed by atoms with Crippen LogP contribution in [0.2, 0.25) is 0 Å². The van der Waals surface area contributed by atoms with Gasteiger partial charge in [-0.1, -0.05) is 18.7 Å². The van der Waals surface area contributed by atoms with Crippen LogP contribution >= 0.6 is 11.8 Å². The number of piperidine rings is 1. The van der Waals surface area contributed by atoms with Crippen LogP contribution in [-0.4, -0.2) is 52.8 Å². The van der Waals surface area contributed by atoms with Crippen LogP contribution in [0.25, 0.3) is 0 Å². The van der Waals surface area contributed by atoms with Crippen molar-refractivity contribution in [1.29, 1.82) is 0 Å². The van der Waals surface area contributed by atoms with Gasteiger partial charge < -0.3 is 9.80 Å². The highest BCUT2D eigenvalue weighted by atomic mass is 32.2. The van der Waals surface area contributed by atoms with Crippen molar-refractivity contribution in [1.82, 2.24) is 9.80 Å². The molecule has 2 heterocycles. The Hall–Kier alpha value is -1.96. The molecule has 0 aliphatic carbocycles. The maximum atomic E-state index is 13.2. The summed E-state index contributed by atoms with van der Waals surface area (Å²) < 4.78 is 39.3. The van der Waals surface area contributed by atoms with E-state index in [9.17, 15) is 22.8 Å². The van der Waals surface area contributed by atoms with Crippen LogP contribution < -0.4 is 0 Å². The van der Waals surface area contributed by atoms with Crippen molar-refractivity contribution in [2.24, 2.45) is 5.92 Å². The Bertz CT molecular complexity index is 753. The van der Waals surface area contributed by atoms with Gasteiger partial charge in [0.1, 0.15) is 0 Å². The van der Waals surface area contributed by atoms with Crippen LogP contribution in [0.1, 0.15) is 30.0 Å². The summed E-state index contributed by atoms with van der Waals surface area (Å²) in [5, 5.41) is 0. The van der Waals surface area contributed by atoms with Gasteiger partial charge in [0, 0.05) is 31.1 Å². The van der Waals surface area contributed by atoms with E-state index in [2.05, 4.69) is 6.58 Å². The fourth-order valence-corrected chi connectivity index (χ4v) is 4.90. The molecule has 2 fully saturated rings. The number of benzene rings is 1. The standard InChI is InChI=1S/C20H23F3N2O2S/c1-2-18(26)24-8-4-6-15(12-24)19(27)25-9-10-28-13-17(25)14-5-3-7-16(11-14)20(21,22)23/h2-3,5,7,11,15,17H,1,4,6,8-10,12-13H2. The van der Waals surface area contributed by atoms with Crippen LogP contribution in [0.3, 0.4) is 0 Å². The van der Waals surface area contributed by atoms with Gasteiger partial charge in [-0.05, 0) is 36.6 Å². The van der Waals surface area contributed by atoms with Gasteiger partial charge in [0.2, 0.25) is 11.8 Å². The van der Waals surface area contributed by atoms with Crippen molar-refractivity contribution in [3.05, 3.63) is 48.0 Å². The predicted octanol–water partition coefficient (Wildman–Crippen LogP) is 3.75. The molecule has 28 heavy (non-hydrogen) atoms. The van der Waals surface area contributed by atoms with Crippen LogP contribution in [0, 0.1) is 5.92 Å². The molecule has 1 aromatic rings. The molecule has 2 aliphatic heterocycles. The summed E-state index contributed by atoms with van der Waals surface area (Å²) in [7, 11) is 0. The Balaban J connectivity index is 1.80. The first-order chi connectivity index (χ1) is 13.3. The summed E-state index contributed by atoms with van der Waals surface area (Å²) in [5.74, 6) is 0.720. The number of halogens is 3. The van der Waals surface area contributed by atoms with Crippen molar-refractivity contribution in [3.8, 4) is 0 Å². The number of hydrogen-bond donors (Lipinski definition) is 0. The first kappa shape index (κ1) is 20.8. The zero-order chi connectivity index (χ0) is 20.3. The quantitative estimate of drug-likeness (QED) is 0.710. The van der Waals surface area contributed by atoms with Crippen molar-refractivity contribution in [3.63, 3.8) is 0 Å². The number of rotatable bonds is 3. The summed E-state index contributed by atoms with van der Waals surface area (Å²) >= 11 is 1.64. The molecule has 0 spiro atoms. The van der Waals surface area contributed by atoms with Crippen LogP contribution in [0.5, 0.6) is 0 Å². The van der Waals surface area contributed by atoms with E-state index in [0.29, 0.717) is 37.4 Å². The summed E-state index contributed by atoms with van der Waals surface area (Å²) in [6.45, 7) is 4.93. The molecular weight excluding hydrogens is 389 g/mol. The smallest absolute Gasteiger partial charge is 0.338 e. The molecule has 0 radical (unpaired) electrons. The van der Waals surface area contributed by atoms with Gasteiger partial charge in [-0.2, -0.15) is 24.9 Å². The lowest BCUT2D eigenvalue weighted by Gasteiger charge is -2.40. The molecule has 2 aliphatic rings. The highest BCUT2D eigenvalue weighted by molar-refractivity contribution is 7.99. The number of alkyl halides is 3. The summed E-state index contributed by atoms with van der Waals surface area (Å²) in [5.41, 5.74) is -0.196. The third-order valence-corrected chi connectivity index (χ3v) is 6.29. The molecule has 2 saturated heterocycles. The maximum absolute atomic E-state index is 13.2. The van der Waals surface area contributed by atoms with Gasteiger partial charge in [-0.3, -0.25) is 9.59 Å². The van der Waals surface area contributed by atoms with E-state index >= 15 is 0 Å². The number of likely N-dealkylation sites (tertiary alicyclic amines) is 1. The molecular formula is C20H23F3N2O2S. The second-order valence-electron chi connectivity index (χ2n) is 7.07. The number of carbonyl (C=O) groups is 2. The van der Waals surface area contributed by atoms with E-state index in [4.69, 9.17) is 0 Å². The molecule has 8 heteroatoms. The fourth-order valence-electron chi connectivity index (χ4n) is 3.81. The number of amides is 2. The molecule has 2 amide bonds. The van der Waals surface area contributed by atoms with E-state index in [1.807, 2.05) is 0 Å². The van der Waals surface area contributed by atoms with Gasteiger partial charge >= 0.3 is 6.18 Å². The summed E-state index contributed by atoms with van der Waals surface area (Å²) in [6.07, 6.45) is -1.76. The van der Waals surface area contributed by atoms with E-state index < -0.39 is 11.7 Å². The Morgan fingerprint density at radius 3 is 2.75 bits per heavy atom. The minimum Gasteiger partial charge on any atom is -0.338 e. The van der Waals surface area contributed by atoms with E-state index in [0.717, 1.165) is 24.3 Å². The Labute approximate surface area is 166 Å². The molecule has 1 aromatic carbocycles. The lowest BCUT2D eigenvalue weighted by molar-refractivity contribution is -0.141. The van der Waals surface area contributed by atoms with Gasteiger partial charge in [0.25, 0.3) is 0 Å². The number of hydrogen-bond acceptors (Lipinski definition) is 3. The highest BCUT2D eigenvalue weighted by Gasteiger charge is 2.37. The minimum absolute atomic E-state index is 0.0794. The highest BCUT2D eigenvalue weighted by Crippen LogP contribution is 2.36. The number of nitrogens with zero attached hydrogens (tertiary/aromatic N) is 2. The van der Waals surface area contributed by atoms with Crippen molar-refractivity contribution in [2.45, 2.75) is 25.1 Å². The SMILES string of the molecule is C=CC(=O)N1CCCC(C(=O)N2CCSCC2c2cccc(C(F)(F)F)c2)C1. The minimum atomic E-state index is -4.42. The van der Waals surface area contributed by atoms with E-state index in [1.54, 1.807) is 27.6 Å². The molecule has 0 saturated carbocycles. The van der Waals surface area contributed by atoms with Crippen LogP contribution in [0.15, 0.2) is 36.9 Å². The molecule has 2 unspecified atom stereocenters. The second-order valence-corrected chi connectivity index (χ2v) is 8.22. The first-order valence-electron chi connectivity index (χ1n) is 9.28. The summed E-state index contributed by atoms with van der Waals surface area (Å²) in [4.78, 5) is 28.4. The number of thioether (sulfide) groups is 1. The van der Waals surface area contributed by atoms with E-state index in [-0.39, 0.29) is 23.8 Å². The number of carbonyl (C=O) groups excluding carboxylic acids is 2. The normalized spacial score (nSPS) is 23.4. The lowest BCUT2D eigenvalue weighted by atomic mass is 9.94. The molecule has 3 rings (SSSR count). The topological polar surface area (TPSA) is 40.6 Å². The van der Waals surface area contributed by atoms with Crippen molar-refractivity contribution in [2.75, 3.05) is 31.1 Å². The Morgan fingerprint density at radius 2 is 2.04 bits per heavy atom. The second kappa shape index (κ2) is 8.59. The van der Waals surface area contributed by atoms with Crippen molar-refractivity contribution < 1.29 is 22.8 Å². The molecule has 4 nitrogen and oxygen atoms in total. The average molecular weight is 412 g/mol. The molecule has 0 bridgehead atoms. The Kier molecular flexibility index (Phi) is 6.37. The van der Waals surface area contributed by atoms with Gasteiger partial charge in [0.15, 0.2) is 0 Å². The third-order valence-electron chi connectivity index (χ3n) is 5.27. The largest absolute Gasteiger partial charge is 0.416 e. The molecule has 152 valence electrons. The summed E-state index contributed by atoms with van der Waals surface area (Å²) in [6, 6.07) is 4.85. The molecule has 2 atom stereocenters. The van der Waals surface area contributed by atoms with Gasteiger partial charge in [-0.25, -0.2) is 0 Å². The van der Waals surface area contributed by atoms with Gasteiger partial charge in [-0.15, -0.1) is 0 Å². The van der Waals surface area contributed by atoms with E-state index in [1.165, 1.54) is 12.1 Å². The first-order valence-corrected chi connectivity index (χ1v) is 10.4. The van der Waals surface area contributed by atoms with Crippen molar-refractivity contribution >= 4 is 23.6 Å². The maximum Gasteiger partial charge on any atom is 0.416 e. The lowest BCUT2D eigenvalue weighted by Crippen LogP contribution is -2.49. The molecule has 0 aromatic heterocycles. The zero-order valence-electron chi connectivity index (χ0n) is 15.5. The third kappa shape index (κ3) is 4.54. The van der Waals surface area contributed by atoms with Crippen LogP contribution in [-0.2, 0) is 15.8 Å². The molecule has 0 N–H and O–H groups in total. The Morgan fingerprint density at radius 1 is 1.25 bits per heavy atom. The zero-order valence-corrected chi connectivity index (χ0v) is 16.3. The van der Waals surface area contributed by atoms with Crippen LogP contribution in [0.4, 0.5) is 13.2 Å². The van der Waals surface area contributed by atoms with Gasteiger partial charge in [0.05, 0.1) is 17.5 Å². The monoisotopic (exact) mass is 412 g/mol. The predicted molar refractivity (Wildman–Crippen MR) is 103 cm³/mol.